The van der Waals surface area contributed by atoms with Crippen LogP contribution in [0.2, 0.25) is 0 Å². The van der Waals surface area contributed by atoms with E-state index in [0.717, 1.165) is 24.8 Å². The first-order valence-electron chi connectivity index (χ1n) is 6.62. The van der Waals surface area contributed by atoms with Crippen molar-refractivity contribution in [2.24, 2.45) is 5.73 Å². The number of halogens is 1. The maximum absolute atomic E-state index is 13.1. The fourth-order valence-corrected chi connectivity index (χ4v) is 2.63. The Hall–Kier alpha value is -0.930. The van der Waals surface area contributed by atoms with Crippen molar-refractivity contribution in [1.29, 1.82) is 0 Å². The molecule has 0 spiro atoms. The number of rotatable bonds is 4. The van der Waals surface area contributed by atoms with Gasteiger partial charge in [0.15, 0.2) is 0 Å². The van der Waals surface area contributed by atoms with Crippen LogP contribution in [0.3, 0.4) is 0 Å². The van der Waals surface area contributed by atoms with Crippen LogP contribution in [-0.4, -0.2) is 17.7 Å². The molecule has 1 fully saturated rings. The average Bonchev–Trinajstić information content (AvgIpc) is 2.57. The summed E-state index contributed by atoms with van der Waals surface area (Å²) in [6.07, 6.45) is 3.97. The molecule has 2 nitrogen and oxygen atoms in total. The summed E-state index contributed by atoms with van der Waals surface area (Å²) in [5, 5.41) is 0. The minimum atomic E-state index is -0.196. The summed E-state index contributed by atoms with van der Waals surface area (Å²) in [6, 6.07) is 6.69. The molecule has 1 aromatic rings. The predicted molar refractivity (Wildman–Crippen MR) is 70.9 cm³/mol. The van der Waals surface area contributed by atoms with E-state index in [1.54, 1.807) is 12.1 Å². The lowest BCUT2D eigenvalue weighted by Crippen LogP contribution is -2.29. The van der Waals surface area contributed by atoms with Crippen molar-refractivity contribution in [3.05, 3.63) is 35.6 Å². The summed E-state index contributed by atoms with van der Waals surface area (Å²) in [5.41, 5.74) is 7.07. The molecule has 2 N–H and O–H groups in total. The number of hydrogen-bond donors (Lipinski definition) is 1. The molecule has 3 heteroatoms. The molecule has 2 unspecified atom stereocenters. The predicted octanol–water partition coefficient (Wildman–Crippen LogP) is 3.04. The van der Waals surface area contributed by atoms with E-state index in [-0.39, 0.29) is 23.6 Å². The van der Waals surface area contributed by atoms with Crippen LogP contribution in [0.5, 0.6) is 0 Å². The monoisotopic (exact) mass is 251 g/mol. The van der Waals surface area contributed by atoms with Crippen LogP contribution >= 0.6 is 0 Å². The maximum Gasteiger partial charge on any atom is 0.123 e. The molecule has 1 aliphatic heterocycles. The van der Waals surface area contributed by atoms with Gasteiger partial charge in [0.1, 0.15) is 5.82 Å². The van der Waals surface area contributed by atoms with Crippen molar-refractivity contribution >= 4 is 0 Å². The van der Waals surface area contributed by atoms with Crippen molar-refractivity contribution in [2.75, 3.05) is 0 Å². The number of nitrogens with two attached hydrogens (primary N) is 1. The van der Waals surface area contributed by atoms with Crippen molar-refractivity contribution < 1.29 is 9.13 Å². The van der Waals surface area contributed by atoms with Gasteiger partial charge in [-0.3, -0.25) is 0 Å². The minimum Gasteiger partial charge on any atom is -0.372 e. The third-order valence-corrected chi connectivity index (χ3v) is 3.51. The molecule has 1 aromatic carbocycles. The molecule has 18 heavy (non-hydrogen) atoms. The highest BCUT2D eigenvalue weighted by molar-refractivity contribution is 5.17. The van der Waals surface area contributed by atoms with Crippen LogP contribution in [0.4, 0.5) is 4.39 Å². The second-order valence-corrected chi connectivity index (χ2v) is 5.87. The first-order valence-corrected chi connectivity index (χ1v) is 6.62. The Balaban J connectivity index is 1.84. The van der Waals surface area contributed by atoms with Gasteiger partial charge in [0.05, 0.1) is 11.7 Å². The van der Waals surface area contributed by atoms with E-state index in [1.807, 2.05) is 6.07 Å². The van der Waals surface area contributed by atoms with Gasteiger partial charge in [-0.2, -0.15) is 0 Å². The largest absolute Gasteiger partial charge is 0.372 e. The van der Waals surface area contributed by atoms with Crippen LogP contribution in [-0.2, 0) is 11.2 Å². The standard InChI is InChI=1S/C15H22FNO/c1-15(2)7-6-14(18-15)10-13(17)9-11-4-3-5-12(16)8-11/h3-5,8,13-14H,6-7,9-10,17H2,1-2H3. The van der Waals surface area contributed by atoms with E-state index >= 15 is 0 Å². The number of hydrogen-bond acceptors (Lipinski definition) is 2. The van der Waals surface area contributed by atoms with Gasteiger partial charge < -0.3 is 10.5 Å². The number of ether oxygens (including phenoxy) is 1. The van der Waals surface area contributed by atoms with Crippen LogP contribution in [0.25, 0.3) is 0 Å². The lowest BCUT2D eigenvalue weighted by atomic mass is 9.99. The fourth-order valence-electron chi connectivity index (χ4n) is 2.63. The van der Waals surface area contributed by atoms with Gasteiger partial charge in [0.2, 0.25) is 0 Å². The molecule has 100 valence electrons. The highest BCUT2D eigenvalue weighted by Crippen LogP contribution is 2.31. The SMILES string of the molecule is CC1(C)CCC(CC(N)Cc2cccc(F)c2)O1. The summed E-state index contributed by atoms with van der Waals surface area (Å²) in [4.78, 5) is 0. The topological polar surface area (TPSA) is 35.2 Å². The zero-order chi connectivity index (χ0) is 13.2. The minimum absolute atomic E-state index is 0.0107. The van der Waals surface area contributed by atoms with Gasteiger partial charge in [-0.15, -0.1) is 0 Å². The zero-order valence-electron chi connectivity index (χ0n) is 11.2. The van der Waals surface area contributed by atoms with Crippen LogP contribution in [0.1, 0.15) is 38.7 Å². The molecule has 0 aromatic heterocycles. The van der Waals surface area contributed by atoms with Crippen molar-refractivity contribution in [3.8, 4) is 0 Å². The Kier molecular flexibility index (Phi) is 4.03. The Morgan fingerprint density at radius 3 is 2.89 bits per heavy atom. The average molecular weight is 251 g/mol. The van der Waals surface area contributed by atoms with E-state index in [4.69, 9.17) is 10.5 Å². The molecule has 2 rings (SSSR count). The number of benzene rings is 1. The smallest absolute Gasteiger partial charge is 0.123 e. The molecule has 2 atom stereocenters. The molecule has 1 heterocycles. The van der Waals surface area contributed by atoms with Crippen molar-refractivity contribution in [2.45, 2.75) is 57.3 Å². The third kappa shape index (κ3) is 3.79. The molecule has 1 saturated heterocycles. The Morgan fingerprint density at radius 2 is 2.28 bits per heavy atom. The molecule has 0 aliphatic carbocycles. The van der Waals surface area contributed by atoms with Gasteiger partial charge in [0.25, 0.3) is 0 Å². The van der Waals surface area contributed by atoms with Crippen molar-refractivity contribution in [3.63, 3.8) is 0 Å². The molecular weight excluding hydrogens is 229 g/mol. The van der Waals surface area contributed by atoms with E-state index in [1.165, 1.54) is 6.07 Å². The fraction of sp³-hybridized carbons (Fsp3) is 0.600. The summed E-state index contributed by atoms with van der Waals surface area (Å²) in [7, 11) is 0. The zero-order valence-corrected chi connectivity index (χ0v) is 11.2. The second kappa shape index (κ2) is 5.37. The Labute approximate surface area is 108 Å². The molecule has 1 aliphatic rings. The van der Waals surface area contributed by atoms with E-state index in [2.05, 4.69) is 13.8 Å². The highest BCUT2D eigenvalue weighted by Gasteiger charge is 2.32. The van der Waals surface area contributed by atoms with Crippen LogP contribution in [0, 0.1) is 5.82 Å². The second-order valence-electron chi connectivity index (χ2n) is 5.87. The van der Waals surface area contributed by atoms with E-state index < -0.39 is 0 Å². The summed E-state index contributed by atoms with van der Waals surface area (Å²) in [5.74, 6) is -0.196. The molecule has 0 amide bonds. The summed E-state index contributed by atoms with van der Waals surface area (Å²) >= 11 is 0. The Bertz CT molecular complexity index is 405. The maximum atomic E-state index is 13.1. The summed E-state index contributed by atoms with van der Waals surface area (Å²) < 4.78 is 19.0. The van der Waals surface area contributed by atoms with Gasteiger partial charge in [-0.1, -0.05) is 12.1 Å². The molecule has 0 saturated carbocycles. The van der Waals surface area contributed by atoms with Crippen molar-refractivity contribution in [1.82, 2.24) is 0 Å². The van der Waals surface area contributed by atoms with Gasteiger partial charge >= 0.3 is 0 Å². The first kappa shape index (κ1) is 13.5. The summed E-state index contributed by atoms with van der Waals surface area (Å²) in [6.45, 7) is 4.23. The molecule has 0 radical (unpaired) electrons. The Morgan fingerprint density at radius 1 is 1.50 bits per heavy atom. The van der Waals surface area contributed by atoms with E-state index in [0.29, 0.717) is 6.42 Å². The van der Waals surface area contributed by atoms with Gasteiger partial charge in [-0.25, -0.2) is 4.39 Å². The first-order chi connectivity index (χ1) is 8.44. The lowest BCUT2D eigenvalue weighted by molar-refractivity contribution is -0.0205. The van der Waals surface area contributed by atoms with Crippen LogP contribution in [0.15, 0.2) is 24.3 Å². The van der Waals surface area contributed by atoms with Crippen LogP contribution < -0.4 is 5.73 Å². The lowest BCUT2D eigenvalue weighted by Gasteiger charge is -2.21. The molecule has 0 bridgehead atoms. The quantitative estimate of drug-likeness (QED) is 0.892. The van der Waals surface area contributed by atoms with E-state index in [9.17, 15) is 4.39 Å². The van der Waals surface area contributed by atoms with Gasteiger partial charge in [-0.05, 0) is 57.2 Å². The third-order valence-electron chi connectivity index (χ3n) is 3.51. The normalized spacial score (nSPS) is 24.1. The van der Waals surface area contributed by atoms with Gasteiger partial charge in [0, 0.05) is 6.04 Å². The molecular formula is C15H22FNO. The highest BCUT2D eigenvalue weighted by atomic mass is 19.1.